The molecular formula is C26H28FN5O3. The summed E-state index contributed by atoms with van der Waals surface area (Å²) >= 11 is 0. The number of hydrogen-bond donors (Lipinski definition) is 2. The van der Waals surface area contributed by atoms with Crippen LogP contribution in [0.3, 0.4) is 0 Å². The Labute approximate surface area is 203 Å². The molecular weight excluding hydrogens is 449 g/mol. The molecule has 182 valence electrons. The largest absolute Gasteiger partial charge is 0.491 e. The summed E-state index contributed by atoms with van der Waals surface area (Å²) in [7, 11) is 0. The maximum absolute atomic E-state index is 14.6. The molecule has 1 aromatic heterocycles. The van der Waals surface area contributed by atoms with E-state index in [0.29, 0.717) is 53.7 Å². The van der Waals surface area contributed by atoms with Gasteiger partial charge in [0.05, 0.1) is 24.4 Å². The van der Waals surface area contributed by atoms with Crippen molar-refractivity contribution in [3.8, 4) is 28.1 Å². The van der Waals surface area contributed by atoms with Gasteiger partial charge in [0.25, 0.3) is 5.56 Å². The fourth-order valence-corrected chi connectivity index (χ4v) is 4.26. The lowest BCUT2D eigenvalue weighted by atomic mass is 9.99. The quantitative estimate of drug-likeness (QED) is 0.505. The molecule has 0 bridgehead atoms. The number of halogens is 1. The van der Waals surface area contributed by atoms with E-state index < -0.39 is 5.82 Å². The minimum Gasteiger partial charge on any atom is -0.491 e. The van der Waals surface area contributed by atoms with Gasteiger partial charge in [-0.2, -0.15) is 0 Å². The van der Waals surface area contributed by atoms with Gasteiger partial charge in [0.15, 0.2) is 0 Å². The first-order valence-corrected chi connectivity index (χ1v) is 11.6. The molecule has 2 heterocycles. The first kappa shape index (κ1) is 24.4. The third-order valence-electron chi connectivity index (χ3n) is 6.13. The van der Waals surface area contributed by atoms with Crippen molar-refractivity contribution in [2.24, 2.45) is 5.73 Å². The van der Waals surface area contributed by atoms with E-state index in [4.69, 9.17) is 27.1 Å². The van der Waals surface area contributed by atoms with Crippen molar-refractivity contribution in [3.05, 3.63) is 70.1 Å². The number of aliphatic hydroxyl groups is 1. The summed E-state index contributed by atoms with van der Waals surface area (Å²) in [4.78, 5) is 24.0. The zero-order valence-electron chi connectivity index (χ0n) is 19.6. The third-order valence-corrected chi connectivity index (χ3v) is 6.13. The number of hydrogen-bond acceptors (Lipinski definition) is 6. The van der Waals surface area contributed by atoms with Crippen LogP contribution in [-0.4, -0.2) is 47.0 Å². The summed E-state index contributed by atoms with van der Waals surface area (Å²) in [5, 5.41) is 8.99. The van der Waals surface area contributed by atoms with Gasteiger partial charge in [-0.3, -0.25) is 9.36 Å². The number of nitrogens with two attached hydrogens (primary N) is 1. The lowest BCUT2D eigenvalue weighted by Gasteiger charge is -2.33. The molecule has 0 aliphatic carbocycles. The van der Waals surface area contributed by atoms with Gasteiger partial charge in [-0.25, -0.2) is 14.2 Å². The molecule has 1 saturated heterocycles. The van der Waals surface area contributed by atoms with E-state index in [9.17, 15) is 9.18 Å². The van der Waals surface area contributed by atoms with Crippen LogP contribution in [0.1, 0.15) is 19.8 Å². The number of piperidine rings is 1. The number of anilines is 1. The number of nitrogens with zero attached hydrogens (tertiary/aromatic N) is 4. The molecule has 0 spiro atoms. The fourth-order valence-electron chi connectivity index (χ4n) is 4.26. The Morgan fingerprint density at radius 1 is 1.20 bits per heavy atom. The van der Waals surface area contributed by atoms with Crippen LogP contribution in [0.5, 0.6) is 5.75 Å². The van der Waals surface area contributed by atoms with Crippen molar-refractivity contribution in [1.82, 2.24) is 9.55 Å². The number of ether oxygens (including phenoxy) is 1. The number of aliphatic hydroxyl groups excluding tert-OH is 1. The summed E-state index contributed by atoms with van der Waals surface area (Å²) in [6.45, 7) is 10.9. The van der Waals surface area contributed by atoms with Gasteiger partial charge in [0.1, 0.15) is 18.2 Å². The van der Waals surface area contributed by atoms with E-state index in [-0.39, 0.29) is 30.5 Å². The lowest BCUT2D eigenvalue weighted by Crippen LogP contribution is -2.43. The average molecular weight is 478 g/mol. The predicted molar refractivity (Wildman–Crippen MR) is 133 cm³/mol. The molecule has 35 heavy (non-hydrogen) atoms. The highest BCUT2D eigenvalue weighted by Crippen LogP contribution is 2.33. The molecule has 1 aliphatic rings. The van der Waals surface area contributed by atoms with E-state index in [2.05, 4.69) is 9.74 Å². The number of aromatic nitrogens is 2. The molecule has 3 aromatic rings. The van der Waals surface area contributed by atoms with Crippen LogP contribution in [0.4, 0.5) is 16.0 Å². The van der Waals surface area contributed by atoms with Crippen molar-refractivity contribution in [3.63, 3.8) is 0 Å². The van der Waals surface area contributed by atoms with Gasteiger partial charge in [-0.15, -0.1) is 0 Å². The lowest BCUT2D eigenvalue weighted by molar-refractivity contribution is 0.201. The van der Waals surface area contributed by atoms with Crippen LogP contribution in [0.25, 0.3) is 27.2 Å². The van der Waals surface area contributed by atoms with Gasteiger partial charge in [-0.1, -0.05) is 24.3 Å². The van der Waals surface area contributed by atoms with Crippen molar-refractivity contribution in [2.45, 2.75) is 32.4 Å². The van der Waals surface area contributed by atoms with Crippen LogP contribution < -0.4 is 20.9 Å². The second kappa shape index (κ2) is 10.7. The van der Waals surface area contributed by atoms with Crippen molar-refractivity contribution >= 4 is 11.6 Å². The Kier molecular flexibility index (Phi) is 7.44. The Bertz CT molecular complexity index is 1290. The van der Waals surface area contributed by atoms with Crippen LogP contribution in [-0.2, 0) is 6.54 Å². The molecule has 0 unspecified atom stereocenters. The smallest absolute Gasteiger partial charge is 0.263 e. The molecule has 0 atom stereocenters. The third kappa shape index (κ3) is 5.04. The summed E-state index contributed by atoms with van der Waals surface area (Å²) in [5.41, 5.74) is 7.47. The van der Waals surface area contributed by atoms with Gasteiger partial charge in [0.2, 0.25) is 11.6 Å². The summed E-state index contributed by atoms with van der Waals surface area (Å²) in [6, 6.07) is 11.3. The average Bonchev–Trinajstić information content (AvgIpc) is 2.87. The molecule has 4 rings (SSSR count). The Hall–Kier alpha value is -3.74. The van der Waals surface area contributed by atoms with Gasteiger partial charge in [0, 0.05) is 31.2 Å². The second-order valence-electron chi connectivity index (χ2n) is 8.38. The monoisotopic (exact) mass is 477 g/mol. The molecule has 9 heteroatoms. The van der Waals surface area contributed by atoms with Crippen LogP contribution in [0.15, 0.2) is 47.3 Å². The summed E-state index contributed by atoms with van der Waals surface area (Å²) in [6.07, 6.45) is 1.58. The van der Waals surface area contributed by atoms with Crippen LogP contribution in [0, 0.1) is 12.4 Å². The molecule has 1 fully saturated rings. The summed E-state index contributed by atoms with van der Waals surface area (Å²) < 4.78 is 21.7. The van der Waals surface area contributed by atoms with Crippen LogP contribution in [0.2, 0.25) is 0 Å². The Morgan fingerprint density at radius 3 is 2.49 bits per heavy atom. The van der Waals surface area contributed by atoms with E-state index in [0.717, 1.165) is 12.8 Å². The molecule has 0 amide bonds. The van der Waals surface area contributed by atoms with Gasteiger partial charge < -0.3 is 20.5 Å². The van der Waals surface area contributed by atoms with E-state index in [1.807, 2.05) is 6.92 Å². The molecule has 2 aromatic carbocycles. The molecule has 1 aliphatic heterocycles. The molecule has 0 radical (unpaired) electrons. The van der Waals surface area contributed by atoms with Crippen molar-refractivity contribution < 1.29 is 14.2 Å². The van der Waals surface area contributed by atoms with E-state index >= 15 is 0 Å². The highest BCUT2D eigenvalue weighted by atomic mass is 19.1. The zero-order valence-corrected chi connectivity index (χ0v) is 19.6. The fraction of sp³-hybridized carbons (Fsp3) is 0.346. The predicted octanol–water partition coefficient (Wildman–Crippen LogP) is 3.59. The maximum Gasteiger partial charge on any atom is 0.263 e. The molecule has 8 nitrogen and oxygen atoms in total. The molecule has 3 N–H and O–H groups in total. The Morgan fingerprint density at radius 2 is 1.89 bits per heavy atom. The first-order chi connectivity index (χ1) is 17.0. The second-order valence-corrected chi connectivity index (χ2v) is 8.38. The highest BCUT2D eigenvalue weighted by molar-refractivity contribution is 5.82. The minimum absolute atomic E-state index is 0.0900. The van der Waals surface area contributed by atoms with E-state index in [1.54, 1.807) is 34.9 Å². The van der Waals surface area contributed by atoms with Crippen molar-refractivity contribution in [1.29, 1.82) is 0 Å². The molecule has 0 saturated carbocycles. The normalized spacial score (nSPS) is 14.1. The van der Waals surface area contributed by atoms with Crippen LogP contribution >= 0.6 is 0 Å². The van der Waals surface area contributed by atoms with Gasteiger partial charge >= 0.3 is 0 Å². The SMILES string of the molecule is [C-]#[N+]c1ccc(-c2nc(N3CCC(N)CC3)n(CC)c(=O)c2-c2ccc(OCCO)cc2)cc1F. The minimum atomic E-state index is -0.664. The van der Waals surface area contributed by atoms with E-state index in [1.165, 1.54) is 12.1 Å². The highest BCUT2D eigenvalue weighted by Gasteiger charge is 2.25. The zero-order chi connectivity index (χ0) is 24.9. The van der Waals surface area contributed by atoms with Gasteiger partial charge in [-0.05, 0) is 43.5 Å². The topological polar surface area (TPSA) is 98.0 Å². The number of rotatable bonds is 7. The first-order valence-electron chi connectivity index (χ1n) is 11.6. The standard InChI is InChI=1S/C26H28FN5O3/c1-3-32-25(34)23(17-4-7-20(8-5-17)35-15-14-33)24(18-6-9-22(29-2)21(27)16-18)30-26(32)31-12-10-19(28)11-13-31/h4-9,16,19,33H,3,10-15,28H2,1H3. The van der Waals surface area contributed by atoms with Crippen molar-refractivity contribution in [2.75, 3.05) is 31.2 Å². The number of benzene rings is 2. The maximum atomic E-state index is 14.6. The Balaban J connectivity index is 1.91. The summed E-state index contributed by atoms with van der Waals surface area (Å²) in [5.74, 6) is 0.422.